The number of nitrogens with one attached hydrogen (secondary N) is 2. The van der Waals surface area contributed by atoms with Crippen LogP contribution >= 0.6 is 0 Å². The van der Waals surface area contributed by atoms with Gasteiger partial charge in [-0.05, 0) is 32.6 Å². The van der Waals surface area contributed by atoms with Crippen molar-refractivity contribution in [2.24, 2.45) is 5.92 Å². The Hall–Kier alpha value is -2.25. The van der Waals surface area contributed by atoms with E-state index in [1.54, 1.807) is 16.0 Å². The molecule has 1 aromatic rings. The Balaban J connectivity index is 1.48. The van der Waals surface area contributed by atoms with Gasteiger partial charge in [-0.2, -0.15) is 5.10 Å². The molecule has 2 heterocycles. The number of aromatic nitrogens is 2. The predicted molar refractivity (Wildman–Crippen MR) is 90.9 cm³/mol. The number of urea groups is 2. The lowest BCUT2D eigenvalue weighted by atomic mass is 10.2. The van der Waals surface area contributed by atoms with Crippen molar-refractivity contribution in [3.05, 3.63) is 12.4 Å². The first-order valence-electron chi connectivity index (χ1n) is 8.71. The Morgan fingerprint density at radius 1 is 1.21 bits per heavy atom. The Morgan fingerprint density at radius 2 is 1.83 bits per heavy atom. The molecule has 1 aliphatic heterocycles. The average Bonchev–Trinajstić information content (AvgIpc) is 3.34. The van der Waals surface area contributed by atoms with Crippen LogP contribution < -0.4 is 10.6 Å². The van der Waals surface area contributed by atoms with Crippen LogP contribution in [-0.4, -0.2) is 64.4 Å². The summed E-state index contributed by atoms with van der Waals surface area (Å²) in [6.45, 7) is 6.85. The number of amides is 4. The Kier molecular flexibility index (Phi) is 4.92. The maximum absolute atomic E-state index is 12.4. The summed E-state index contributed by atoms with van der Waals surface area (Å²) in [5, 5.41) is 10.0. The van der Waals surface area contributed by atoms with Crippen molar-refractivity contribution >= 4 is 17.7 Å². The van der Waals surface area contributed by atoms with E-state index in [9.17, 15) is 9.59 Å². The molecule has 1 aliphatic carbocycles. The minimum absolute atomic E-state index is 0.0621. The summed E-state index contributed by atoms with van der Waals surface area (Å²) in [6.07, 6.45) is 6.12. The van der Waals surface area contributed by atoms with E-state index in [0.717, 1.165) is 11.6 Å². The Bertz CT molecular complexity index is 589. The lowest BCUT2D eigenvalue weighted by molar-refractivity contribution is 0.149. The Labute approximate surface area is 142 Å². The van der Waals surface area contributed by atoms with Crippen molar-refractivity contribution < 1.29 is 9.59 Å². The van der Waals surface area contributed by atoms with Crippen LogP contribution in [0, 0.1) is 5.92 Å². The summed E-state index contributed by atoms with van der Waals surface area (Å²) < 4.78 is 1.93. The summed E-state index contributed by atoms with van der Waals surface area (Å²) in [4.78, 5) is 27.6. The van der Waals surface area contributed by atoms with Crippen molar-refractivity contribution in [3.63, 3.8) is 0 Å². The monoisotopic (exact) mass is 334 g/mol. The van der Waals surface area contributed by atoms with Gasteiger partial charge in [0.15, 0.2) is 0 Å². The lowest BCUT2D eigenvalue weighted by Crippen LogP contribution is -2.53. The van der Waals surface area contributed by atoms with Gasteiger partial charge in [-0.25, -0.2) is 9.59 Å². The minimum atomic E-state index is -0.135. The highest BCUT2D eigenvalue weighted by Gasteiger charge is 2.30. The van der Waals surface area contributed by atoms with Crippen LogP contribution in [0.1, 0.15) is 32.7 Å². The summed E-state index contributed by atoms with van der Waals surface area (Å²) in [7, 11) is 0. The molecule has 0 radical (unpaired) electrons. The number of hydrogen-bond donors (Lipinski definition) is 2. The molecule has 8 nitrogen and oxygen atoms in total. The van der Waals surface area contributed by atoms with Crippen LogP contribution in [-0.2, 0) is 0 Å². The van der Waals surface area contributed by atoms with Crippen LogP contribution in [0.15, 0.2) is 12.4 Å². The quantitative estimate of drug-likeness (QED) is 0.880. The van der Waals surface area contributed by atoms with Gasteiger partial charge in [0.1, 0.15) is 0 Å². The van der Waals surface area contributed by atoms with Crippen LogP contribution in [0.2, 0.25) is 0 Å². The third-order valence-corrected chi connectivity index (χ3v) is 4.76. The molecule has 2 aliphatic rings. The van der Waals surface area contributed by atoms with Gasteiger partial charge in [-0.15, -0.1) is 0 Å². The fraction of sp³-hybridized carbons (Fsp3) is 0.688. The number of hydrogen-bond acceptors (Lipinski definition) is 3. The molecule has 1 saturated heterocycles. The van der Waals surface area contributed by atoms with E-state index in [0.29, 0.717) is 38.8 Å². The van der Waals surface area contributed by atoms with Gasteiger partial charge in [0, 0.05) is 38.9 Å². The molecule has 4 amide bonds. The van der Waals surface area contributed by atoms with E-state index in [1.807, 2.05) is 17.8 Å². The first kappa shape index (κ1) is 16.6. The van der Waals surface area contributed by atoms with Crippen molar-refractivity contribution in [2.45, 2.75) is 32.7 Å². The van der Waals surface area contributed by atoms with Gasteiger partial charge in [-0.1, -0.05) is 0 Å². The minimum Gasteiger partial charge on any atom is -0.338 e. The van der Waals surface area contributed by atoms with E-state index in [2.05, 4.69) is 22.7 Å². The fourth-order valence-electron chi connectivity index (χ4n) is 3.00. The van der Waals surface area contributed by atoms with Crippen molar-refractivity contribution in [3.8, 4) is 0 Å². The van der Waals surface area contributed by atoms with Crippen LogP contribution in [0.5, 0.6) is 0 Å². The van der Waals surface area contributed by atoms with E-state index >= 15 is 0 Å². The second-order valence-corrected chi connectivity index (χ2v) is 6.53. The first-order chi connectivity index (χ1) is 11.6. The normalized spacial score (nSPS) is 19.1. The molecule has 0 bridgehead atoms. The maximum Gasteiger partial charge on any atom is 0.322 e. The van der Waals surface area contributed by atoms with E-state index in [1.165, 1.54) is 12.8 Å². The molecule has 1 saturated carbocycles. The third-order valence-electron chi connectivity index (χ3n) is 4.76. The standard InChI is InChI=1S/C16H26N6O2/c1-3-17-15(23)20-6-8-21(9-7-20)16(24)19-14-10-18-22(11-14)12(2)13-4-5-13/h10-13H,3-9H2,1-2H3,(H,17,23)(H,19,24)/t12-/m1/s1. The topological polar surface area (TPSA) is 82.5 Å². The van der Waals surface area contributed by atoms with Gasteiger partial charge in [-0.3, -0.25) is 4.68 Å². The number of nitrogens with zero attached hydrogens (tertiary/aromatic N) is 4. The second-order valence-electron chi connectivity index (χ2n) is 6.53. The molecule has 0 spiro atoms. The summed E-state index contributed by atoms with van der Waals surface area (Å²) in [6, 6.07) is 0.188. The van der Waals surface area contributed by atoms with Crippen molar-refractivity contribution in [1.82, 2.24) is 24.9 Å². The van der Waals surface area contributed by atoms with Crippen LogP contribution in [0.25, 0.3) is 0 Å². The molecule has 0 unspecified atom stereocenters. The number of carbonyl (C=O) groups excluding carboxylic acids is 2. The molecule has 24 heavy (non-hydrogen) atoms. The number of rotatable bonds is 4. The summed E-state index contributed by atoms with van der Waals surface area (Å²) in [5.74, 6) is 0.718. The van der Waals surface area contributed by atoms with Crippen LogP contribution in [0.3, 0.4) is 0 Å². The zero-order valence-electron chi connectivity index (χ0n) is 14.4. The highest BCUT2D eigenvalue weighted by atomic mass is 16.2. The third kappa shape index (κ3) is 3.80. The van der Waals surface area contributed by atoms with Gasteiger partial charge in [0.25, 0.3) is 0 Å². The van der Waals surface area contributed by atoms with Gasteiger partial charge < -0.3 is 20.4 Å². The SMILES string of the molecule is CCNC(=O)N1CCN(C(=O)Nc2cnn([C@H](C)C3CC3)c2)CC1. The smallest absolute Gasteiger partial charge is 0.322 e. The van der Waals surface area contributed by atoms with Crippen molar-refractivity contribution in [2.75, 3.05) is 38.0 Å². The number of piperazine rings is 1. The summed E-state index contributed by atoms with van der Waals surface area (Å²) >= 11 is 0. The molecule has 132 valence electrons. The molecule has 2 N–H and O–H groups in total. The molecule has 1 aromatic heterocycles. The molecule has 8 heteroatoms. The largest absolute Gasteiger partial charge is 0.338 e. The molecular formula is C16H26N6O2. The number of carbonyl (C=O) groups is 2. The highest BCUT2D eigenvalue weighted by molar-refractivity contribution is 5.89. The van der Waals surface area contributed by atoms with E-state index < -0.39 is 0 Å². The molecular weight excluding hydrogens is 308 g/mol. The molecule has 3 rings (SSSR count). The molecule has 1 atom stereocenters. The van der Waals surface area contributed by atoms with Gasteiger partial charge >= 0.3 is 12.1 Å². The second kappa shape index (κ2) is 7.11. The van der Waals surface area contributed by atoms with Crippen LogP contribution in [0.4, 0.5) is 15.3 Å². The lowest BCUT2D eigenvalue weighted by Gasteiger charge is -2.34. The van der Waals surface area contributed by atoms with E-state index in [-0.39, 0.29) is 12.1 Å². The van der Waals surface area contributed by atoms with Crippen molar-refractivity contribution in [1.29, 1.82) is 0 Å². The summed E-state index contributed by atoms with van der Waals surface area (Å²) in [5.41, 5.74) is 0.721. The fourth-order valence-corrected chi connectivity index (χ4v) is 3.00. The predicted octanol–water partition coefficient (Wildman–Crippen LogP) is 1.73. The number of anilines is 1. The Morgan fingerprint density at radius 3 is 2.42 bits per heavy atom. The molecule has 2 fully saturated rings. The zero-order chi connectivity index (χ0) is 17.1. The highest BCUT2D eigenvalue weighted by Crippen LogP contribution is 2.39. The first-order valence-corrected chi connectivity index (χ1v) is 8.71. The molecule has 0 aromatic carbocycles. The van der Waals surface area contributed by atoms with Gasteiger partial charge in [0.05, 0.1) is 17.9 Å². The zero-order valence-corrected chi connectivity index (χ0v) is 14.4. The van der Waals surface area contributed by atoms with Gasteiger partial charge in [0.2, 0.25) is 0 Å². The average molecular weight is 334 g/mol. The van der Waals surface area contributed by atoms with E-state index in [4.69, 9.17) is 0 Å². The maximum atomic E-state index is 12.4.